The van der Waals surface area contributed by atoms with Crippen LogP contribution in [0.4, 0.5) is 14.5 Å². The van der Waals surface area contributed by atoms with Crippen molar-refractivity contribution in [3.63, 3.8) is 0 Å². The number of nitrogens with zero attached hydrogens (tertiary/aromatic N) is 1. The minimum absolute atomic E-state index is 0.0934. The van der Waals surface area contributed by atoms with E-state index in [1.165, 1.54) is 0 Å². The van der Waals surface area contributed by atoms with Crippen LogP contribution in [0.5, 0.6) is 0 Å². The Morgan fingerprint density at radius 2 is 1.95 bits per heavy atom. The Hall–Kier alpha value is -1.57. The first kappa shape index (κ1) is 17.5. The molecule has 0 spiro atoms. The number of amides is 1. The van der Waals surface area contributed by atoms with E-state index in [2.05, 4.69) is 21.2 Å². The fourth-order valence-electron chi connectivity index (χ4n) is 1.81. The second-order valence-corrected chi connectivity index (χ2v) is 5.64. The van der Waals surface area contributed by atoms with Crippen LogP contribution in [0.25, 0.3) is 0 Å². The molecule has 0 saturated carbocycles. The highest BCUT2D eigenvalue weighted by Crippen LogP contribution is 2.23. The maximum Gasteiger partial charge on any atom is 0.285 e. The molecule has 1 aromatic carbocycles. The standard InChI is InChI=1S/C13H15BrF2N2O3/c1-7(2)11(3-4-14)17-13(19)8-5-9(15)10(16)6-12(8)18(20)21/h5-7,11H,3-4H2,1-2H3,(H,17,19). The zero-order chi connectivity index (χ0) is 16.2. The summed E-state index contributed by atoms with van der Waals surface area (Å²) in [7, 11) is 0. The molecule has 0 bridgehead atoms. The lowest BCUT2D eigenvalue weighted by molar-refractivity contribution is -0.385. The van der Waals surface area contributed by atoms with Gasteiger partial charge in [0.2, 0.25) is 0 Å². The maximum absolute atomic E-state index is 13.2. The second-order valence-electron chi connectivity index (χ2n) is 4.84. The van der Waals surface area contributed by atoms with Gasteiger partial charge in [0.1, 0.15) is 5.56 Å². The highest BCUT2D eigenvalue weighted by Gasteiger charge is 2.26. The van der Waals surface area contributed by atoms with Crippen molar-refractivity contribution in [2.45, 2.75) is 26.3 Å². The van der Waals surface area contributed by atoms with Gasteiger partial charge < -0.3 is 5.32 Å². The minimum Gasteiger partial charge on any atom is -0.349 e. The topological polar surface area (TPSA) is 72.2 Å². The monoisotopic (exact) mass is 364 g/mol. The molecule has 21 heavy (non-hydrogen) atoms. The highest BCUT2D eigenvalue weighted by atomic mass is 79.9. The van der Waals surface area contributed by atoms with Gasteiger partial charge in [-0.2, -0.15) is 0 Å². The van der Waals surface area contributed by atoms with Gasteiger partial charge in [0, 0.05) is 11.4 Å². The Kier molecular flexibility index (Phi) is 6.19. The fourth-order valence-corrected chi connectivity index (χ4v) is 2.30. The summed E-state index contributed by atoms with van der Waals surface area (Å²) in [5, 5.41) is 14.1. The molecule has 0 heterocycles. The summed E-state index contributed by atoms with van der Waals surface area (Å²) < 4.78 is 26.3. The second kappa shape index (κ2) is 7.44. The number of hydrogen-bond donors (Lipinski definition) is 1. The summed E-state index contributed by atoms with van der Waals surface area (Å²) >= 11 is 3.25. The van der Waals surface area contributed by atoms with Gasteiger partial charge >= 0.3 is 0 Å². The maximum atomic E-state index is 13.2. The predicted octanol–water partition coefficient (Wildman–Crippen LogP) is 3.41. The van der Waals surface area contributed by atoms with Crippen LogP contribution in [0.1, 0.15) is 30.6 Å². The van der Waals surface area contributed by atoms with E-state index in [-0.39, 0.29) is 12.0 Å². The van der Waals surface area contributed by atoms with E-state index in [9.17, 15) is 23.7 Å². The third-order valence-electron chi connectivity index (χ3n) is 3.02. The van der Waals surface area contributed by atoms with Crippen LogP contribution in [-0.4, -0.2) is 22.2 Å². The molecular weight excluding hydrogens is 350 g/mol. The van der Waals surface area contributed by atoms with Crippen molar-refractivity contribution in [2.75, 3.05) is 5.33 Å². The molecule has 1 unspecified atom stereocenters. The van der Waals surface area contributed by atoms with Crippen molar-refractivity contribution in [2.24, 2.45) is 5.92 Å². The normalized spacial score (nSPS) is 12.3. The number of nitrogens with one attached hydrogen (secondary N) is 1. The van der Waals surface area contributed by atoms with E-state index in [0.717, 1.165) is 0 Å². The van der Waals surface area contributed by atoms with Gasteiger partial charge in [-0.1, -0.05) is 29.8 Å². The van der Waals surface area contributed by atoms with Crippen LogP contribution in [-0.2, 0) is 0 Å². The number of nitro groups is 1. The molecule has 0 aliphatic carbocycles. The van der Waals surface area contributed by atoms with Gasteiger partial charge in [-0.25, -0.2) is 8.78 Å². The van der Waals surface area contributed by atoms with Crippen molar-refractivity contribution >= 4 is 27.5 Å². The predicted molar refractivity (Wildman–Crippen MR) is 77.5 cm³/mol. The van der Waals surface area contributed by atoms with E-state index >= 15 is 0 Å². The number of halogens is 3. The van der Waals surface area contributed by atoms with E-state index in [1.807, 2.05) is 13.8 Å². The highest BCUT2D eigenvalue weighted by molar-refractivity contribution is 9.09. The van der Waals surface area contributed by atoms with Crippen LogP contribution in [0, 0.1) is 27.7 Å². The van der Waals surface area contributed by atoms with Crippen molar-refractivity contribution in [3.8, 4) is 0 Å². The average Bonchev–Trinajstić information content (AvgIpc) is 2.40. The molecule has 0 aromatic heterocycles. The molecule has 0 fully saturated rings. The number of alkyl halides is 1. The number of carbonyl (C=O) groups is 1. The molecule has 116 valence electrons. The molecule has 0 saturated heterocycles. The van der Waals surface area contributed by atoms with E-state index in [1.54, 1.807) is 0 Å². The first-order valence-electron chi connectivity index (χ1n) is 6.28. The Morgan fingerprint density at radius 1 is 1.38 bits per heavy atom. The summed E-state index contributed by atoms with van der Waals surface area (Å²) in [6, 6.07) is 0.734. The van der Waals surface area contributed by atoms with Gasteiger partial charge in [0.25, 0.3) is 11.6 Å². The molecule has 0 aliphatic rings. The number of hydrogen-bond acceptors (Lipinski definition) is 3. The fraction of sp³-hybridized carbons (Fsp3) is 0.462. The van der Waals surface area contributed by atoms with Gasteiger partial charge in [0.05, 0.1) is 11.0 Å². The summed E-state index contributed by atoms with van der Waals surface area (Å²) in [5.41, 5.74) is -1.24. The molecule has 0 radical (unpaired) electrons. The number of nitro benzene ring substituents is 1. The lowest BCUT2D eigenvalue weighted by Crippen LogP contribution is -2.39. The molecular formula is C13H15BrF2N2O3. The van der Waals surface area contributed by atoms with Crippen LogP contribution < -0.4 is 5.32 Å². The molecule has 8 heteroatoms. The molecule has 1 rings (SSSR count). The van der Waals surface area contributed by atoms with Crippen molar-refractivity contribution in [1.82, 2.24) is 5.32 Å². The lowest BCUT2D eigenvalue weighted by atomic mass is 10.0. The van der Waals surface area contributed by atoms with Crippen molar-refractivity contribution in [3.05, 3.63) is 39.4 Å². The zero-order valence-electron chi connectivity index (χ0n) is 11.5. The van der Waals surface area contributed by atoms with Crippen LogP contribution in [0.3, 0.4) is 0 Å². The van der Waals surface area contributed by atoms with Crippen LogP contribution in [0.15, 0.2) is 12.1 Å². The molecule has 1 amide bonds. The van der Waals surface area contributed by atoms with E-state index in [4.69, 9.17) is 0 Å². The number of benzene rings is 1. The summed E-state index contributed by atoms with van der Waals surface area (Å²) in [4.78, 5) is 22.1. The van der Waals surface area contributed by atoms with Crippen LogP contribution >= 0.6 is 15.9 Å². The summed E-state index contributed by atoms with van der Waals surface area (Å²) in [6.45, 7) is 3.76. The third kappa shape index (κ3) is 4.45. The molecule has 1 aromatic rings. The van der Waals surface area contributed by atoms with Gasteiger partial charge in [0.15, 0.2) is 11.6 Å². The number of rotatable bonds is 6. The zero-order valence-corrected chi connectivity index (χ0v) is 13.1. The van der Waals surface area contributed by atoms with Gasteiger partial charge in [-0.15, -0.1) is 0 Å². The van der Waals surface area contributed by atoms with Gasteiger partial charge in [-0.3, -0.25) is 14.9 Å². The van der Waals surface area contributed by atoms with Crippen molar-refractivity contribution < 1.29 is 18.5 Å². The molecule has 0 aliphatic heterocycles. The number of carbonyl (C=O) groups excluding carboxylic acids is 1. The SMILES string of the molecule is CC(C)C(CCBr)NC(=O)c1cc(F)c(F)cc1[N+](=O)[O-]. The summed E-state index contributed by atoms with van der Waals surface area (Å²) in [6.07, 6.45) is 0.612. The average molecular weight is 365 g/mol. The first-order chi connectivity index (χ1) is 9.77. The largest absolute Gasteiger partial charge is 0.349 e. The smallest absolute Gasteiger partial charge is 0.285 e. The Labute approximate surface area is 129 Å². The molecule has 5 nitrogen and oxygen atoms in total. The quantitative estimate of drug-likeness (QED) is 0.477. The third-order valence-corrected chi connectivity index (χ3v) is 3.48. The van der Waals surface area contributed by atoms with Crippen LogP contribution in [0.2, 0.25) is 0 Å². The Morgan fingerprint density at radius 3 is 2.43 bits per heavy atom. The Balaban J connectivity index is 3.11. The molecule has 1 N–H and O–H groups in total. The van der Waals surface area contributed by atoms with E-state index < -0.39 is 33.7 Å². The Bertz CT molecular complexity index is 552. The van der Waals surface area contributed by atoms with Gasteiger partial charge in [-0.05, 0) is 18.4 Å². The first-order valence-corrected chi connectivity index (χ1v) is 7.40. The molecule has 1 atom stereocenters. The lowest BCUT2D eigenvalue weighted by Gasteiger charge is -2.21. The minimum atomic E-state index is -1.36. The van der Waals surface area contributed by atoms with E-state index in [0.29, 0.717) is 23.9 Å². The van der Waals surface area contributed by atoms with Crippen molar-refractivity contribution in [1.29, 1.82) is 0 Å². The summed E-state index contributed by atoms with van der Waals surface area (Å²) in [5.74, 6) is -3.36.